The van der Waals surface area contributed by atoms with Crippen LogP contribution in [0, 0.1) is 0 Å². The number of imidazole rings is 1. The third-order valence-corrected chi connectivity index (χ3v) is 1.75. The van der Waals surface area contributed by atoms with Gasteiger partial charge >= 0.3 is 0 Å². The second-order valence-electron chi connectivity index (χ2n) is 2.42. The van der Waals surface area contributed by atoms with Gasteiger partial charge < -0.3 is 10.7 Å². The van der Waals surface area contributed by atoms with Crippen LogP contribution in [0.3, 0.4) is 0 Å². The number of rotatable bonds is 1. The lowest BCUT2D eigenvalue weighted by atomic mass is 10.2. The van der Waals surface area contributed by atoms with Crippen molar-refractivity contribution in [3.8, 4) is 0 Å². The summed E-state index contributed by atoms with van der Waals surface area (Å²) in [6, 6.07) is 5.95. The van der Waals surface area contributed by atoms with Crippen molar-refractivity contribution < 1.29 is 0 Å². The van der Waals surface area contributed by atoms with Gasteiger partial charge in [-0.15, -0.1) is 0 Å². The van der Waals surface area contributed by atoms with Crippen LogP contribution in [0.5, 0.6) is 0 Å². The third kappa shape index (κ3) is 0.897. The quantitative estimate of drug-likeness (QED) is 0.632. The van der Waals surface area contributed by atoms with Gasteiger partial charge in [0.2, 0.25) is 0 Å². The molecule has 1 aromatic heterocycles. The first kappa shape index (κ1) is 6.37. The molecule has 1 heterocycles. The lowest BCUT2D eigenvalue weighted by molar-refractivity contribution is 1.08. The van der Waals surface area contributed by atoms with Crippen molar-refractivity contribution >= 4 is 11.0 Å². The Morgan fingerprint density at radius 2 is 2.36 bits per heavy atom. The van der Waals surface area contributed by atoms with Gasteiger partial charge in [0.25, 0.3) is 0 Å². The van der Waals surface area contributed by atoms with E-state index in [4.69, 9.17) is 5.73 Å². The Bertz CT molecular complexity index is 364. The molecular formula is C8H9N3. The minimum Gasteiger partial charge on any atom is -0.345 e. The first-order valence-corrected chi connectivity index (χ1v) is 3.53. The van der Waals surface area contributed by atoms with Crippen LogP contribution in [-0.4, -0.2) is 9.97 Å². The summed E-state index contributed by atoms with van der Waals surface area (Å²) in [6.45, 7) is 0.544. The number of aromatic nitrogens is 2. The fourth-order valence-electron chi connectivity index (χ4n) is 1.19. The molecule has 3 N–H and O–H groups in total. The van der Waals surface area contributed by atoms with E-state index in [9.17, 15) is 0 Å². The largest absolute Gasteiger partial charge is 0.345 e. The Balaban J connectivity index is 2.79. The highest BCUT2D eigenvalue weighted by Crippen LogP contribution is 2.12. The highest BCUT2D eigenvalue weighted by molar-refractivity contribution is 5.77. The van der Waals surface area contributed by atoms with Gasteiger partial charge in [0.1, 0.15) is 0 Å². The van der Waals surface area contributed by atoms with Gasteiger partial charge in [-0.2, -0.15) is 0 Å². The predicted molar refractivity (Wildman–Crippen MR) is 44.0 cm³/mol. The Labute approximate surface area is 64.2 Å². The van der Waals surface area contributed by atoms with Gasteiger partial charge in [-0.05, 0) is 11.6 Å². The maximum atomic E-state index is 5.52. The van der Waals surface area contributed by atoms with E-state index in [1.54, 1.807) is 6.33 Å². The van der Waals surface area contributed by atoms with Crippen molar-refractivity contribution in [1.82, 2.24) is 9.97 Å². The molecule has 0 aliphatic heterocycles. The zero-order valence-corrected chi connectivity index (χ0v) is 6.04. The fourth-order valence-corrected chi connectivity index (χ4v) is 1.19. The lowest BCUT2D eigenvalue weighted by Gasteiger charge is -1.95. The molecule has 3 nitrogen and oxygen atoms in total. The number of nitrogens with two attached hydrogens (primary N) is 1. The SMILES string of the molecule is NCc1cccc2[nH]cnc12. The Hall–Kier alpha value is -1.35. The number of para-hydroxylation sites is 1. The summed E-state index contributed by atoms with van der Waals surface area (Å²) in [5.41, 5.74) is 8.64. The summed E-state index contributed by atoms with van der Waals surface area (Å²) >= 11 is 0. The molecule has 2 rings (SSSR count). The van der Waals surface area contributed by atoms with Crippen LogP contribution in [-0.2, 0) is 6.54 Å². The van der Waals surface area contributed by atoms with Crippen LogP contribution < -0.4 is 5.73 Å². The molecule has 3 heteroatoms. The fraction of sp³-hybridized carbons (Fsp3) is 0.125. The average Bonchev–Trinajstić information content (AvgIpc) is 2.50. The number of nitrogens with one attached hydrogen (secondary N) is 1. The van der Waals surface area contributed by atoms with Gasteiger partial charge in [-0.25, -0.2) is 4.98 Å². The molecule has 56 valence electrons. The van der Waals surface area contributed by atoms with Crippen LogP contribution >= 0.6 is 0 Å². The molecule has 0 atom stereocenters. The minimum absolute atomic E-state index is 0.544. The highest BCUT2D eigenvalue weighted by Gasteiger charge is 1.98. The molecule has 0 saturated heterocycles. The highest BCUT2D eigenvalue weighted by atomic mass is 14.9. The number of H-pyrrole nitrogens is 1. The van der Waals surface area contributed by atoms with E-state index in [0.29, 0.717) is 6.54 Å². The summed E-state index contributed by atoms with van der Waals surface area (Å²) < 4.78 is 0. The maximum absolute atomic E-state index is 5.52. The predicted octanol–water partition coefficient (Wildman–Crippen LogP) is 1.02. The summed E-state index contributed by atoms with van der Waals surface area (Å²) in [4.78, 5) is 7.18. The van der Waals surface area contributed by atoms with Crippen LogP contribution in [0.1, 0.15) is 5.56 Å². The van der Waals surface area contributed by atoms with Crippen molar-refractivity contribution in [3.05, 3.63) is 30.1 Å². The molecule has 2 aromatic rings. The average molecular weight is 147 g/mol. The van der Waals surface area contributed by atoms with Crippen LogP contribution in [0.4, 0.5) is 0 Å². The molecule has 0 aliphatic rings. The lowest BCUT2D eigenvalue weighted by Crippen LogP contribution is -1.96. The van der Waals surface area contributed by atoms with Crippen molar-refractivity contribution in [2.24, 2.45) is 5.73 Å². The summed E-state index contributed by atoms with van der Waals surface area (Å²) in [5, 5.41) is 0. The molecule has 0 amide bonds. The third-order valence-electron chi connectivity index (χ3n) is 1.75. The molecule has 0 bridgehead atoms. The molecule has 11 heavy (non-hydrogen) atoms. The van der Waals surface area contributed by atoms with E-state index in [1.807, 2.05) is 18.2 Å². The molecular weight excluding hydrogens is 138 g/mol. The smallest absolute Gasteiger partial charge is 0.0932 e. The van der Waals surface area contributed by atoms with E-state index in [2.05, 4.69) is 9.97 Å². The van der Waals surface area contributed by atoms with E-state index >= 15 is 0 Å². The number of aromatic amines is 1. The van der Waals surface area contributed by atoms with Gasteiger partial charge in [-0.3, -0.25) is 0 Å². The molecule has 1 aromatic carbocycles. The summed E-state index contributed by atoms with van der Waals surface area (Å²) in [5.74, 6) is 0. The Morgan fingerprint density at radius 3 is 3.18 bits per heavy atom. The number of nitrogens with zero attached hydrogens (tertiary/aromatic N) is 1. The number of hydrogen-bond donors (Lipinski definition) is 2. The second-order valence-corrected chi connectivity index (χ2v) is 2.42. The zero-order valence-electron chi connectivity index (χ0n) is 6.04. The topological polar surface area (TPSA) is 54.7 Å². The summed E-state index contributed by atoms with van der Waals surface area (Å²) in [7, 11) is 0. The Morgan fingerprint density at radius 1 is 1.45 bits per heavy atom. The molecule has 0 fully saturated rings. The second kappa shape index (κ2) is 2.36. The first-order chi connectivity index (χ1) is 5.42. The van der Waals surface area contributed by atoms with Crippen LogP contribution in [0.25, 0.3) is 11.0 Å². The molecule has 0 aliphatic carbocycles. The van der Waals surface area contributed by atoms with E-state index in [-0.39, 0.29) is 0 Å². The minimum atomic E-state index is 0.544. The monoisotopic (exact) mass is 147 g/mol. The van der Waals surface area contributed by atoms with Gasteiger partial charge in [-0.1, -0.05) is 12.1 Å². The Kier molecular flexibility index (Phi) is 1.36. The van der Waals surface area contributed by atoms with E-state index in [1.165, 1.54) is 0 Å². The molecule has 0 radical (unpaired) electrons. The van der Waals surface area contributed by atoms with Crippen molar-refractivity contribution in [2.75, 3.05) is 0 Å². The molecule has 0 spiro atoms. The number of fused-ring (bicyclic) bond motifs is 1. The van der Waals surface area contributed by atoms with Crippen LogP contribution in [0.15, 0.2) is 24.5 Å². The maximum Gasteiger partial charge on any atom is 0.0932 e. The van der Waals surface area contributed by atoms with Crippen molar-refractivity contribution in [1.29, 1.82) is 0 Å². The van der Waals surface area contributed by atoms with Gasteiger partial charge in [0, 0.05) is 6.54 Å². The summed E-state index contributed by atoms with van der Waals surface area (Å²) in [6.07, 6.45) is 1.68. The van der Waals surface area contributed by atoms with Gasteiger partial charge in [0.05, 0.1) is 17.4 Å². The standard InChI is InChI=1S/C8H9N3/c9-4-6-2-1-3-7-8(6)11-5-10-7/h1-3,5H,4,9H2,(H,10,11). The van der Waals surface area contributed by atoms with E-state index in [0.717, 1.165) is 16.6 Å². The van der Waals surface area contributed by atoms with E-state index < -0.39 is 0 Å². The molecule has 0 saturated carbocycles. The first-order valence-electron chi connectivity index (χ1n) is 3.53. The number of hydrogen-bond acceptors (Lipinski definition) is 2. The van der Waals surface area contributed by atoms with Gasteiger partial charge in [0.15, 0.2) is 0 Å². The van der Waals surface area contributed by atoms with Crippen molar-refractivity contribution in [3.63, 3.8) is 0 Å². The molecule has 0 unspecified atom stereocenters. The normalized spacial score (nSPS) is 10.6. The zero-order chi connectivity index (χ0) is 7.68. The van der Waals surface area contributed by atoms with Crippen LogP contribution in [0.2, 0.25) is 0 Å². The number of benzene rings is 1. The van der Waals surface area contributed by atoms with Crippen molar-refractivity contribution in [2.45, 2.75) is 6.54 Å².